The van der Waals surface area contributed by atoms with Gasteiger partial charge in [0.2, 0.25) is 0 Å². The molecule has 2 heterocycles. The van der Waals surface area contributed by atoms with Gasteiger partial charge in [-0.05, 0) is 32.0 Å². The van der Waals surface area contributed by atoms with E-state index in [1.54, 1.807) is 24.0 Å². The molecule has 0 bridgehead atoms. The third-order valence-electron chi connectivity index (χ3n) is 4.13. The Morgan fingerprint density at radius 1 is 1.29 bits per heavy atom. The zero-order valence-electron chi connectivity index (χ0n) is 13.5. The molecule has 1 aliphatic heterocycles. The van der Waals surface area contributed by atoms with Gasteiger partial charge in [0.05, 0.1) is 18.1 Å². The highest BCUT2D eigenvalue weighted by Crippen LogP contribution is 2.28. The molecule has 7 nitrogen and oxygen atoms in total. The monoisotopic (exact) mass is 330 g/mol. The van der Waals surface area contributed by atoms with Crippen LogP contribution >= 0.6 is 0 Å². The van der Waals surface area contributed by atoms with E-state index in [4.69, 9.17) is 9.15 Å². The molecule has 0 saturated carbocycles. The second-order valence-electron chi connectivity index (χ2n) is 5.80. The molecule has 0 N–H and O–H groups in total. The molecule has 1 aromatic carbocycles. The summed E-state index contributed by atoms with van der Waals surface area (Å²) < 4.78 is 11.1. The molecule has 1 saturated heterocycles. The predicted molar refractivity (Wildman–Crippen MR) is 85.9 cm³/mol. The fraction of sp³-hybridized carbons (Fsp3) is 0.353. The summed E-state index contributed by atoms with van der Waals surface area (Å²) in [5.41, 5.74) is 0.763. The average Bonchev–Trinajstić information content (AvgIpc) is 3.01. The normalized spacial score (nSPS) is 17.8. The van der Waals surface area contributed by atoms with Crippen molar-refractivity contribution in [3.05, 3.63) is 63.1 Å². The second kappa shape index (κ2) is 6.45. The van der Waals surface area contributed by atoms with Crippen LogP contribution in [0.1, 0.15) is 33.5 Å². The molecular weight excluding hydrogens is 312 g/mol. The molecule has 1 aliphatic rings. The Bertz CT molecular complexity index is 783. The molecule has 3 rings (SSSR count). The molecule has 1 unspecified atom stereocenters. The molecule has 7 heteroatoms. The largest absolute Gasteiger partial charge is 0.464 e. The lowest BCUT2D eigenvalue weighted by atomic mass is 10.1. The van der Waals surface area contributed by atoms with Crippen LogP contribution in [-0.2, 0) is 4.74 Å². The van der Waals surface area contributed by atoms with Crippen LogP contribution in [0.5, 0.6) is 0 Å². The first kappa shape index (κ1) is 16.2. The van der Waals surface area contributed by atoms with Gasteiger partial charge in [-0.25, -0.2) is 0 Å². The van der Waals surface area contributed by atoms with E-state index in [0.717, 1.165) is 5.76 Å². The smallest absolute Gasteiger partial charge is 0.273 e. The number of benzene rings is 1. The van der Waals surface area contributed by atoms with E-state index in [-0.39, 0.29) is 17.6 Å². The average molecular weight is 330 g/mol. The number of nitro benzene ring substituents is 1. The van der Waals surface area contributed by atoms with E-state index in [1.165, 1.54) is 6.07 Å². The number of aryl methyl sites for hydroxylation is 2. The maximum atomic E-state index is 12.9. The molecule has 24 heavy (non-hydrogen) atoms. The van der Waals surface area contributed by atoms with E-state index in [2.05, 4.69) is 0 Å². The van der Waals surface area contributed by atoms with Crippen LogP contribution < -0.4 is 0 Å². The Kier molecular flexibility index (Phi) is 4.35. The summed E-state index contributed by atoms with van der Waals surface area (Å²) in [4.78, 5) is 25.2. The number of amides is 1. The molecular formula is C17H18N2O5. The van der Waals surface area contributed by atoms with Gasteiger partial charge in [0, 0.05) is 23.7 Å². The zero-order chi connectivity index (χ0) is 17.3. The quantitative estimate of drug-likeness (QED) is 0.638. The summed E-state index contributed by atoms with van der Waals surface area (Å²) in [6.07, 6.45) is 0. The van der Waals surface area contributed by atoms with Gasteiger partial charge in [-0.1, -0.05) is 6.07 Å². The van der Waals surface area contributed by atoms with Crippen molar-refractivity contribution in [3.8, 4) is 0 Å². The molecule has 1 atom stereocenters. The maximum Gasteiger partial charge on any atom is 0.273 e. The Morgan fingerprint density at radius 3 is 2.75 bits per heavy atom. The summed E-state index contributed by atoms with van der Waals surface area (Å²) in [5, 5.41) is 11.1. The fourth-order valence-electron chi connectivity index (χ4n) is 2.82. The number of morpholine rings is 1. The number of hydrogen-bond acceptors (Lipinski definition) is 5. The van der Waals surface area contributed by atoms with Crippen molar-refractivity contribution in [2.75, 3.05) is 19.8 Å². The number of ether oxygens (including phenoxy) is 1. The Labute approximate surface area is 139 Å². The lowest BCUT2D eigenvalue weighted by Crippen LogP contribution is -2.43. The van der Waals surface area contributed by atoms with Crippen molar-refractivity contribution in [1.82, 2.24) is 4.90 Å². The van der Waals surface area contributed by atoms with Gasteiger partial charge in [-0.15, -0.1) is 0 Å². The minimum atomic E-state index is -0.473. The number of furan rings is 1. The van der Waals surface area contributed by atoms with Gasteiger partial charge in [0.25, 0.3) is 11.6 Å². The first-order valence-corrected chi connectivity index (χ1v) is 7.67. The van der Waals surface area contributed by atoms with Crippen molar-refractivity contribution >= 4 is 11.6 Å². The highest BCUT2D eigenvalue weighted by atomic mass is 16.6. The summed E-state index contributed by atoms with van der Waals surface area (Å²) in [5.74, 6) is 1.15. The van der Waals surface area contributed by atoms with E-state index in [9.17, 15) is 14.9 Å². The molecule has 1 fully saturated rings. The minimum absolute atomic E-state index is 0.0560. The van der Waals surface area contributed by atoms with Gasteiger partial charge in [-0.2, -0.15) is 0 Å². The van der Waals surface area contributed by atoms with Gasteiger partial charge < -0.3 is 14.1 Å². The van der Waals surface area contributed by atoms with E-state index < -0.39 is 4.92 Å². The molecule has 0 aliphatic carbocycles. The van der Waals surface area contributed by atoms with Crippen LogP contribution in [0.3, 0.4) is 0 Å². The van der Waals surface area contributed by atoms with Crippen molar-refractivity contribution in [1.29, 1.82) is 0 Å². The number of hydrogen-bond donors (Lipinski definition) is 0. The lowest BCUT2D eigenvalue weighted by Gasteiger charge is -2.34. The molecule has 2 aromatic rings. The summed E-state index contributed by atoms with van der Waals surface area (Å²) in [7, 11) is 0. The van der Waals surface area contributed by atoms with E-state index in [0.29, 0.717) is 36.6 Å². The van der Waals surface area contributed by atoms with Crippen LogP contribution in [0.2, 0.25) is 0 Å². The van der Waals surface area contributed by atoms with Crippen molar-refractivity contribution in [2.45, 2.75) is 19.9 Å². The maximum absolute atomic E-state index is 12.9. The Hall–Kier alpha value is -2.67. The topological polar surface area (TPSA) is 85.8 Å². The van der Waals surface area contributed by atoms with E-state index >= 15 is 0 Å². The summed E-state index contributed by atoms with van der Waals surface area (Å²) in [6.45, 7) is 4.66. The van der Waals surface area contributed by atoms with Gasteiger partial charge >= 0.3 is 0 Å². The standard InChI is InChI=1S/C17H18N2O5/c1-11-3-5-13(9-14(11)19(21)22)17(20)18-7-8-23-10-15(18)16-6-4-12(2)24-16/h3-6,9,15H,7-8,10H2,1-2H3. The predicted octanol–water partition coefficient (Wildman–Crippen LogP) is 3.02. The van der Waals surface area contributed by atoms with Crippen LogP contribution in [0.25, 0.3) is 0 Å². The van der Waals surface area contributed by atoms with Crippen molar-refractivity contribution in [2.24, 2.45) is 0 Å². The second-order valence-corrected chi connectivity index (χ2v) is 5.80. The summed E-state index contributed by atoms with van der Waals surface area (Å²) >= 11 is 0. The molecule has 0 radical (unpaired) electrons. The Morgan fingerprint density at radius 2 is 2.08 bits per heavy atom. The highest BCUT2D eigenvalue weighted by molar-refractivity contribution is 5.95. The van der Waals surface area contributed by atoms with Crippen LogP contribution in [0.15, 0.2) is 34.7 Å². The highest BCUT2D eigenvalue weighted by Gasteiger charge is 2.32. The number of carbonyl (C=O) groups is 1. The van der Waals surface area contributed by atoms with E-state index in [1.807, 2.05) is 19.1 Å². The first-order chi connectivity index (χ1) is 11.5. The zero-order valence-corrected chi connectivity index (χ0v) is 13.5. The number of rotatable bonds is 3. The lowest BCUT2D eigenvalue weighted by molar-refractivity contribution is -0.385. The summed E-state index contributed by atoms with van der Waals surface area (Å²) in [6, 6.07) is 7.87. The van der Waals surface area contributed by atoms with Crippen molar-refractivity contribution in [3.63, 3.8) is 0 Å². The number of nitro groups is 1. The molecule has 1 amide bonds. The first-order valence-electron chi connectivity index (χ1n) is 7.67. The molecule has 0 spiro atoms. The van der Waals surface area contributed by atoms with Gasteiger partial charge in [0.1, 0.15) is 17.6 Å². The number of carbonyl (C=O) groups excluding carboxylic acids is 1. The third kappa shape index (κ3) is 3.03. The Balaban J connectivity index is 1.92. The minimum Gasteiger partial charge on any atom is -0.464 e. The van der Waals surface area contributed by atoms with Crippen LogP contribution in [-0.4, -0.2) is 35.5 Å². The van der Waals surface area contributed by atoms with Gasteiger partial charge in [0.15, 0.2) is 0 Å². The van der Waals surface area contributed by atoms with Gasteiger partial charge in [-0.3, -0.25) is 14.9 Å². The molecule has 1 aromatic heterocycles. The van der Waals surface area contributed by atoms with Crippen LogP contribution in [0.4, 0.5) is 5.69 Å². The molecule has 126 valence electrons. The fourth-order valence-corrected chi connectivity index (χ4v) is 2.82. The third-order valence-corrected chi connectivity index (χ3v) is 4.13. The SMILES string of the molecule is Cc1ccc(C2COCCN2C(=O)c2ccc(C)c([N+](=O)[O-])c2)o1. The van der Waals surface area contributed by atoms with Crippen molar-refractivity contribution < 1.29 is 18.9 Å². The van der Waals surface area contributed by atoms with Crippen LogP contribution in [0, 0.1) is 24.0 Å². The number of nitrogens with zero attached hydrogens (tertiary/aromatic N) is 2.